The fourth-order valence-electron chi connectivity index (χ4n) is 2.53. The van der Waals surface area contributed by atoms with Gasteiger partial charge in [0, 0.05) is 5.39 Å². The first kappa shape index (κ1) is 16.8. The largest absolute Gasteiger partial charge is 0.495 e. The number of hydrogen-bond donors (Lipinski definition) is 2. The Bertz CT molecular complexity index is 1050. The molecule has 7 heteroatoms. The molecule has 0 amide bonds. The number of rotatable bonds is 5. The van der Waals surface area contributed by atoms with E-state index < -0.39 is 16.0 Å². The summed E-state index contributed by atoms with van der Waals surface area (Å²) in [6.45, 7) is 0. The molecule has 3 aromatic rings. The van der Waals surface area contributed by atoms with E-state index >= 15 is 0 Å². The molecule has 6 nitrogen and oxygen atoms in total. The Labute approximate surface area is 144 Å². The van der Waals surface area contributed by atoms with Gasteiger partial charge >= 0.3 is 5.97 Å². The predicted molar refractivity (Wildman–Crippen MR) is 94.7 cm³/mol. The Balaban J connectivity index is 2.10. The lowest BCUT2D eigenvalue weighted by molar-refractivity contribution is 0.0696. The van der Waals surface area contributed by atoms with Crippen molar-refractivity contribution >= 4 is 32.5 Å². The molecule has 0 aliphatic heterocycles. The summed E-state index contributed by atoms with van der Waals surface area (Å²) in [5.41, 5.74) is 0.264. The average Bonchev–Trinajstić information content (AvgIpc) is 2.61. The monoisotopic (exact) mass is 357 g/mol. The highest BCUT2D eigenvalue weighted by Crippen LogP contribution is 2.30. The predicted octanol–water partition coefficient (Wildman–Crippen LogP) is 3.35. The van der Waals surface area contributed by atoms with Gasteiger partial charge in [0.1, 0.15) is 10.6 Å². The van der Waals surface area contributed by atoms with Gasteiger partial charge in [-0.05, 0) is 29.7 Å². The maximum Gasteiger partial charge on any atom is 0.335 e. The van der Waals surface area contributed by atoms with Crippen LogP contribution in [0.15, 0.2) is 65.6 Å². The van der Waals surface area contributed by atoms with Crippen LogP contribution >= 0.6 is 0 Å². The van der Waals surface area contributed by atoms with Crippen LogP contribution in [-0.4, -0.2) is 26.6 Å². The zero-order valence-corrected chi connectivity index (χ0v) is 14.1. The van der Waals surface area contributed by atoms with Crippen LogP contribution in [0.2, 0.25) is 0 Å². The molecule has 0 atom stereocenters. The van der Waals surface area contributed by atoms with Crippen molar-refractivity contribution in [2.45, 2.75) is 4.90 Å². The number of benzene rings is 3. The van der Waals surface area contributed by atoms with Crippen LogP contribution in [0.3, 0.4) is 0 Å². The van der Waals surface area contributed by atoms with Gasteiger partial charge in [0.2, 0.25) is 0 Å². The quantitative estimate of drug-likeness (QED) is 0.730. The summed E-state index contributed by atoms with van der Waals surface area (Å²) in [5, 5.41) is 10.7. The molecule has 3 rings (SSSR count). The average molecular weight is 357 g/mol. The van der Waals surface area contributed by atoms with Crippen LogP contribution in [0.4, 0.5) is 5.69 Å². The number of carbonyl (C=O) groups is 1. The minimum atomic E-state index is -4.04. The van der Waals surface area contributed by atoms with Crippen LogP contribution in [0.25, 0.3) is 10.8 Å². The topological polar surface area (TPSA) is 92.7 Å². The van der Waals surface area contributed by atoms with Gasteiger partial charge in [0.05, 0.1) is 18.4 Å². The number of hydrogen-bond acceptors (Lipinski definition) is 4. The Hall–Kier alpha value is -3.06. The van der Waals surface area contributed by atoms with Crippen molar-refractivity contribution in [1.29, 1.82) is 0 Å². The summed E-state index contributed by atoms with van der Waals surface area (Å²) in [4.78, 5) is 10.9. The van der Waals surface area contributed by atoms with Crippen LogP contribution in [0.5, 0.6) is 5.75 Å². The SMILES string of the molecule is COc1ccc(C(=O)O)cc1S(=O)(=O)Nc1cccc2ccccc12. The summed E-state index contributed by atoms with van der Waals surface area (Å²) in [5.74, 6) is -1.15. The van der Waals surface area contributed by atoms with Gasteiger partial charge in [0.25, 0.3) is 10.0 Å². The first-order valence-electron chi connectivity index (χ1n) is 7.34. The summed E-state index contributed by atoms with van der Waals surface area (Å²) >= 11 is 0. The van der Waals surface area contributed by atoms with Crippen LogP contribution in [0.1, 0.15) is 10.4 Å². The summed E-state index contributed by atoms with van der Waals surface area (Å²) < 4.78 is 33.2. The van der Waals surface area contributed by atoms with Crippen LogP contribution < -0.4 is 9.46 Å². The van der Waals surface area contributed by atoms with E-state index in [1.54, 1.807) is 18.2 Å². The second-order valence-corrected chi connectivity index (χ2v) is 6.95. The highest BCUT2D eigenvalue weighted by molar-refractivity contribution is 7.92. The Morgan fingerprint density at radius 3 is 2.48 bits per heavy atom. The van der Waals surface area contributed by atoms with Gasteiger partial charge in [-0.25, -0.2) is 13.2 Å². The molecule has 0 saturated carbocycles. The van der Waals surface area contributed by atoms with E-state index in [4.69, 9.17) is 9.84 Å². The van der Waals surface area contributed by atoms with Gasteiger partial charge < -0.3 is 9.84 Å². The zero-order chi connectivity index (χ0) is 18.0. The Kier molecular flexibility index (Phi) is 4.33. The lowest BCUT2D eigenvalue weighted by Gasteiger charge is -2.13. The molecule has 0 bridgehead atoms. The molecule has 128 valence electrons. The highest BCUT2D eigenvalue weighted by Gasteiger charge is 2.22. The Morgan fingerprint density at radius 1 is 1.04 bits per heavy atom. The third-order valence-electron chi connectivity index (χ3n) is 3.73. The van der Waals surface area contributed by atoms with Crippen molar-refractivity contribution < 1.29 is 23.1 Å². The van der Waals surface area contributed by atoms with Gasteiger partial charge in [-0.1, -0.05) is 36.4 Å². The molecule has 0 aromatic heterocycles. The third kappa shape index (κ3) is 3.27. The lowest BCUT2D eigenvalue weighted by Crippen LogP contribution is -2.15. The number of sulfonamides is 1. The minimum Gasteiger partial charge on any atom is -0.495 e. The van der Waals surface area contributed by atoms with E-state index in [-0.39, 0.29) is 16.2 Å². The third-order valence-corrected chi connectivity index (χ3v) is 5.12. The van der Waals surface area contributed by atoms with Crippen molar-refractivity contribution in [3.05, 3.63) is 66.2 Å². The highest BCUT2D eigenvalue weighted by atomic mass is 32.2. The van der Waals surface area contributed by atoms with E-state index in [2.05, 4.69) is 4.72 Å². The maximum absolute atomic E-state index is 12.8. The number of methoxy groups -OCH3 is 1. The van der Waals surface area contributed by atoms with Crippen LogP contribution in [-0.2, 0) is 10.0 Å². The zero-order valence-electron chi connectivity index (χ0n) is 13.3. The number of aromatic carboxylic acids is 1. The van der Waals surface area contributed by atoms with E-state index in [1.807, 2.05) is 24.3 Å². The second kappa shape index (κ2) is 6.45. The molecule has 0 unspecified atom stereocenters. The molecular weight excluding hydrogens is 342 g/mol. The number of carboxylic acids is 1. The van der Waals surface area contributed by atoms with Crippen molar-refractivity contribution in [3.8, 4) is 5.75 Å². The van der Waals surface area contributed by atoms with Crippen molar-refractivity contribution in [2.24, 2.45) is 0 Å². The van der Waals surface area contributed by atoms with E-state index in [1.165, 1.54) is 19.2 Å². The number of carboxylic acid groups (broad SMARTS) is 1. The second-order valence-electron chi connectivity index (χ2n) is 5.30. The van der Waals surface area contributed by atoms with Crippen LogP contribution in [0, 0.1) is 0 Å². The maximum atomic E-state index is 12.8. The first-order valence-corrected chi connectivity index (χ1v) is 8.82. The molecule has 0 spiro atoms. The van der Waals surface area contributed by atoms with Crippen molar-refractivity contribution in [3.63, 3.8) is 0 Å². The molecule has 3 aromatic carbocycles. The number of fused-ring (bicyclic) bond motifs is 1. The van der Waals surface area contributed by atoms with Gasteiger partial charge in [-0.15, -0.1) is 0 Å². The number of nitrogens with one attached hydrogen (secondary N) is 1. The molecule has 0 radical (unpaired) electrons. The van der Waals surface area contributed by atoms with E-state index in [0.29, 0.717) is 5.69 Å². The first-order chi connectivity index (χ1) is 11.9. The smallest absolute Gasteiger partial charge is 0.335 e. The normalized spacial score (nSPS) is 11.2. The van der Waals surface area contributed by atoms with Gasteiger partial charge in [0.15, 0.2) is 0 Å². The van der Waals surface area contributed by atoms with Gasteiger partial charge in [-0.3, -0.25) is 4.72 Å². The molecule has 0 aliphatic carbocycles. The fraction of sp³-hybridized carbons (Fsp3) is 0.0556. The molecular formula is C18H15NO5S. The minimum absolute atomic E-state index is 0.0673. The molecule has 2 N–H and O–H groups in total. The molecule has 0 saturated heterocycles. The van der Waals surface area contributed by atoms with Gasteiger partial charge in [-0.2, -0.15) is 0 Å². The molecule has 25 heavy (non-hydrogen) atoms. The summed E-state index contributed by atoms with van der Waals surface area (Å²) in [7, 11) is -2.72. The van der Waals surface area contributed by atoms with E-state index in [0.717, 1.165) is 16.8 Å². The summed E-state index contributed by atoms with van der Waals surface area (Å²) in [6, 6.07) is 16.3. The summed E-state index contributed by atoms with van der Waals surface area (Å²) in [6.07, 6.45) is 0. The van der Waals surface area contributed by atoms with E-state index in [9.17, 15) is 13.2 Å². The van der Waals surface area contributed by atoms with Crippen molar-refractivity contribution in [1.82, 2.24) is 0 Å². The number of anilines is 1. The fourth-order valence-corrected chi connectivity index (χ4v) is 3.81. The Morgan fingerprint density at radius 2 is 1.76 bits per heavy atom. The lowest BCUT2D eigenvalue weighted by atomic mass is 10.1. The molecule has 0 fully saturated rings. The standard InChI is InChI=1S/C18H15NO5S/c1-24-16-10-9-13(18(20)21)11-17(16)25(22,23)19-15-8-4-6-12-5-2-3-7-14(12)15/h2-11,19H,1H3,(H,20,21). The molecule has 0 heterocycles. The molecule has 0 aliphatic rings. The van der Waals surface area contributed by atoms with Crippen molar-refractivity contribution in [2.75, 3.05) is 11.8 Å². The number of ether oxygens (including phenoxy) is 1.